The Morgan fingerprint density at radius 2 is 1.04 bits per heavy atom. The number of amides is 2. The van der Waals surface area contributed by atoms with Crippen LogP contribution < -0.4 is 0 Å². The molecule has 2 aliphatic heterocycles. The fourth-order valence-corrected chi connectivity index (χ4v) is 8.94. The van der Waals surface area contributed by atoms with E-state index in [1.54, 1.807) is 11.3 Å². The lowest BCUT2D eigenvalue weighted by atomic mass is 9.94. The Bertz CT molecular complexity index is 1380. The van der Waals surface area contributed by atoms with E-state index in [0.717, 1.165) is 81.5 Å². The molecule has 3 heterocycles. The number of carbonyl (C=O) groups excluding carboxylic acids is 2. The number of benzene rings is 1. The standard InChI is InChI=1S/C40H56Br2N2O2S/c1-5-9-13-15-19-29(17-11-7-3)27-43-37(31-21-23-32(41)24-22-31)35-36(40(43)46)38(33-25-26-34(42)47-33)44(39(35)45)28-30(18-12-8-4)20-16-14-10-6-2/h21-26,29-30H,5-20,27-28H2,1-4H3. The molecule has 1 aromatic heterocycles. The van der Waals surface area contributed by atoms with Crippen molar-refractivity contribution >= 4 is 66.4 Å². The van der Waals surface area contributed by atoms with Crippen molar-refractivity contribution < 1.29 is 9.59 Å². The zero-order chi connectivity index (χ0) is 33.8. The monoisotopic (exact) mass is 786 g/mol. The fourth-order valence-electron chi connectivity index (χ4n) is 7.23. The molecule has 0 N–H and O–H groups in total. The highest BCUT2D eigenvalue weighted by atomic mass is 79.9. The molecule has 2 aromatic rings. The van der Waals surface area contributed by atoms with Crippen LogP contribution >= 0.6 is 43.2 Å². The third kappa shape index (κ3) is 9.94. The Morgan fingerprint density at radius 3 is 1.51 bits per heavy atom. The Labute approximate surface area is 305 Å². The van der Waals surface area contributed by atoms with E-state index in [2.05, 4.69) is 77.8 Å². The summed E-state index contributed by atoms with van der Waals surface area (Å²) in [5.41, 5.74) is 3.79. The Morgan fingerprint density at radius 1 is 0.574 bits per heavy atom. The quantitative estimate of drug-likeness (QED) is 0.112. The smallest absolute Gasteiger partial charge is 0.261 e. The van der Waals surface area contributed by atoms with Gasteiger partial charge in [0, 0.05) is 17.6 Å². The Balaban J connectivity index is 1.79. The van der Waals surface area contributed by atoms with Gasteiger partial charge in [-0.3, -0.25) is 9.59 Å². The Kier molecular flexibility index (Phi) is 15.8. The van der Waals surface area contributed by atoms with Crippen LogP contribution in [0.2, 0.25) is 0 Å². The molecule has 0 radical (unpaired) electrons. The van der Waals surface area contributed by atoms with Crippen LogP contribution in [0.3, 0.4) is 0 Å². The molecule has 47 heavy (non-hydrogen) atoms. The number of halogens is 2. The molecule has 0 saturated heterocycles. The SMILES string of the molecule is CCCCCCC(CCCC)CN1C(=O)C2=C(c3ccc(Br)s3)N(CC(CCCC)CCCCCC)C(=O)C2=C1c1ccc(Br)cc1. The minimum absolute atomic E-state index is 0.00333. The second kappa shape index (κ2) is 19.5. The van der Waals surface area contributed by atoms with Gasteiger partial charge >= 0.3 is 0 Å². The van der Waals surface area contributed by atoms with Crippen LogP contribution in [-0.4, -0.2) is 34.7 Å². The minimum atomic E-state index is -0.00333. The van der Waals surface area contributed by atoms with E-state index in [9.17, 15) is 9.59 Å². The number of fused-ring (bicyclic) bond motifs is 1. The molecule has 4 rings (SSSR count). The van der Waals surface area contributed by atoms with Gasteiger partial charge in [0.2, 0.25) is 0 Å². The first-order valence-electron chi connectivity index (χ1n) is 18.5. The minimum Gasteiger partial charge on any atom is -0.307 e. The second-order valence-electron chi connectivity index (χ2n) is 13.6. The summed E-state index contributed by atoms with van der Waals surface area (Å²) >= 11 is 8.90. The third-order valence-corrected chi connectivity index (χ3v) is 12.0. The number of nitrogens with zero attached hydrogens (tertiary/aromatic N) is 2. The predicted molar refractivity (Wildman–Crippen MR) is 207 cm³/mol. The molecule has 1 aromatic carbocycles. The van der Waals surface area contributed by atoms with Crippen molar-refractivity contribution in [3.05, 3.63) is 66.2 Å². The summed E-state index contributed by atoms with van der Waals surface area (Å²) in [6.45, 7) is 10.3. The fraction of sp³-hybridized carbons (Fsp3) is 0.600. The molecule has 0 aliphatic carbocycles. The van der Waals surface area contributed by atoms with Crippen LogP contribution in [0.4, 0.5) is 0 Å². The van der Waals surface area contributed by atoms with Crippen molar-refractivity contribution in [2.24, 2.45) is 11.8 Å². The molecule has 2 amide bonds. The molecule has 2 unspecified atom stereocenters. The van der Waals surface area contributed by atoms with Gasteiger partial charge in [-0.25, -0.2) is 0 Å². The van der Waals surface area contributed by atoms with Crippen LogP contribution in [0.5, 0.6) is 0 Å². The summed E-state index contributed by atoms with van der Waals surface area (Å²) in [7, 11) is 0. The van der Waals surface area contributed by atoms with Gasteiger partial charge in [-0.15, -0.1) is 11.3 Å². The van der Waals surface area contributed by atoms with Crippen LogP contribution in [0.15, 0.2) is 55.8 Å². The first-order valence-corrected chi connectivity index (χ1v) is 20.9. The maximum absolute atomic E-state index is 14.8. The van der Waals surface area contributed by atoms with E-state index in [4.69, 9.17) is 0 Å². The van der Waals surface area contributed by atoms with Gasteiger partial charge in [0.05, 0.1) is 31.2 Å². The van der Waals surface area contributed by atoms with Crippen LogP contribution in [0.25, 0.3) is 11.4 Å². The zero-order valence-corrected chi connectivity index (χ0v) is 33.2. The molecule has 0 fully saturated rings. The first-order chi connectivity index (χ1) is 22.8. The molecule has 0 bridgehead atoms. The first kappa shape index (κ1) is 38.1. The van der Waals surface area contributed by atoms with E-state index in [-0.39, 0.29) is 11.8 Å². The summed E-state index contributed by atoms with van der Waals surface area (Å²) in [6, 6.07) is 12.3. The maximum atomic E-state index is 14.8. The Hall–Kier alpha value is -1.70. The van der Waals surface area contributed by atoms with E-state index < -0.39 is 0 Å². The number of hydrogen-bond donors (Lipinski definition) is 0. The summed E-state index contributed by atoms with van der Waals surface area (Å²) in [5, 5.41) is 0. The van der Waals surface area contributed by atoms with Crippen LogP contribution in [0.1, 0.15) is 141 Å². The average molecular weight is 789 g/mol. The van der Waals surface area contributed by atoms with Crippen molar-refractivity contribution in [3.63, 3.8) is 0 Å². The summed E-state index contributed by atoms with van der Waals surface area (Å²) in [4.78, 5) is 34.7. The van der Waals surface area contributed by atoms with Gasteiger partial charge in [-0.2, -0.15) is 0 Å². The molecule has 7 heteroatoms. The predicted octanol–water partition coefficient (Wildman–Crippen LogP) is 12.6. The highest BCUT2D eigenvalue weighted by molar-refractivity contribution is 9.11. The maximum Gasteiger partial charge on any atom is 0.261 e. The van der Waals surface area contributed by atoms with E-state index in [0.29, 0.717) is 36.1 Å². The highest BCUT2D eigenvalue weighted by Gasteiger charge is 2.49. The lowest BCUT2D eigenvalue weighted by molar-refractivity contribution is -0.124. The average Bonchev–Trinajstić information content (AvgIpc) is 3.70. The normalized spacial score (nSPS) is 16.2. The van der Waals surface area contributed by atoms with E-state index >= 15 is 0 Å². The lowest BCUT2D eigenvalue weighted by Crippen LogP contribution is -2.34. The molecular formula is C40H56Br2N2O2S. The van der Waals surface area contributed by atoms with Crippen molar-refractivity contribution in [1.82, 2.24) is 9.80 Å². The second-order valence-corrected chi connectivity index (χ2v) is 17.0. The van der Waals surface area contributed by atoms with Crippen molar-refractivity contribution in [2.45, 2.75) is 130 Å². The topological polar surface area (TPSA) is 40.6 Å². The van der Waals surface area contributed by atoms with Crippen LogP contribution in [-0.2, 0) is 9.59 Å². The van der Waals surface area contributed by atoms with Gasteiger partial charge in [-0.05, 0) is 83.3 Å². The molecule has 0 spiro atoms. The molecule has 258 valence electrons. The number of thiophene rings is 1. The zero-order valence-electron chi connectivity index (χ0n) is 29.2. The van der Waals surface area contributed by atoms with E-state index in [1.807, 2.05) is 28.0 Å². The third-order valence-electron chi connectivity index (χ3n) is 9.85. The van der Waals surface area contributed by atoms with Gasteiger partial charge < -0.3 is 9.80 Å². The summed E-state index contributed by atoms with van der Waals surface area (Å²) in [6.07, 6.45) is 18.9. The van der Waals surface area contributed by atoms with Crippen LogP contribution in [0, 0.1) is 11.8 Å². The number of carbonyl (C=O) groups is 2. The van der Waals surface area contributed by atoms with Gasteiger partial charge in [0.25, 0.3) is 11.8 Å². The highest BCUT2D eigenvalue weighted by Crippen LogP contribution is 2.49. The number of hydrogen-bond acceptors (Lipinski definition) is 3. The molecule has 2 atom stereocenters. The van der Waals surface area contributed by atoms with Gasteiger partial charge in [-0.1, -0.05) is 133 Å². The van der Waals surface area contributed by atoms with Gasteiger partial charge in [0.1, 0.15) is 0 Å². The van der Waals surface area contributed by atoms with Crippen molar-refractivity contribution in [2.75, 3.05) is 13.1 Å². The summed E-state index contributed by atoms with van der Waals surface area (Å²) in [5.74, 6) is 0.819. The summed E-state index contributed by atoms with van der Waals surface area (Å²) < 4.78 is 2.00. The molecule has 4 nitrogen and oxygen atoms in total. The van der Waals surface area contributed by atoms with Crippen molar-refractivity contribution in [3.8, 4) is 0 Å². The molecular weight excluding hydrogens is 732 g/mol. The number of unbranched alkanes of at least 4 members (excludes halogenated alkanes) is 8. The van der Waals surface area contributed by atoms with Gasteiger partial charge in [0.15, 0.2) is 0 Å². The molecule has 0 saturated carbocycles. The number of rotatable bonds is 22. The van der Waals surface area contributed by atoms with Crippen molar-refractivity contribution in [1.29, 1.82) is 0 Å². The lowest BCUT2D eigenvalue weighted by Gasteiger charge is -2.30. The largest absolute Gasteiger partial charge is 0.307 e. The van der Waals surface area contributed by atoms with E-state index in [1.165, 1.54) is 51.4 Å². The molecule has 2 aliphatic rings.